The number of unbranched alkanes of at least 4 members (excludes halogenated alkanes) is 4. The van der Waals surface area contributed by atoms with E-state index in [2.05, 4.69) is 149 Å². The Morgan fingerprint density at radius 1 is 0.491 bits per heavy atom. The van der Waals surface area contributed by atoms with Gasteiger partial charge in [0.05, 0.1) is 24.3 Å². The van der Waals surface area contributed by atoms with Gasteiger partial charge >= 0.3 is 0 Å². The van der Waals surface area contributed by atoms with E-state index in [1.54, 1.807) is 0 Å². The summed E-state index contributed by atoms with van der Waals surface area (Å²) < 4.78 is 13.3. The lowest BCUT2D eigenvalue weighted by Gasteiger charge is -2.31. The number of fused-ring (bicyclic) bond motifs is 11. The molecule has 2 aliphatic rings. The van der Waals surface area contributed by atoms with Crippen molar-refractivity contribution in [2.24, 2.45) is 0 Å². The highest BCUT2D eigenvalue weighted by atomic mass is 16.5. The Morgan fingerprint density at radius 2 is 1.13 bits per heavy atom. The van der Waals surface area contributed by atoms with E-state index in [0.717, 1.165) is 66.7 Å². The lowest BCUT2D eigenvalue weighted by atomic mass is 9.70. The molecule has 0 radical (unpaired) electrons. The van der Waals surface area contributed by atoms with Crippen LogP contribution in [0.3, 0.4) is 0 Å². The molecule has 6 aromatic carbocycles. The van der Waals surface area contributed by atoms with Crippen LogP contribution in [0.25, 0.3) is 55.4 Å². The summed E-state index contributed by atoms with van der Waals surface area (Å²) in [5, 5.41) is 2.36. The van der Waals surface area contributed by atoms with Crippen molar-refractivity contribution in [3.63, 3.8) is 0 Å². The minimum absolute atomic E-state index is 0.512. The first kappa shape index (κ1) is 35.1. The van der Waals surface area contributed by atoms with Gasteiger partial charge < -0.3 is 9.47 Å². The van der Waals surface area contributed by atoms with Gasteiger partial charge in [0, 0.05) is 17.1 Å². The van der Waals surface area contributed by atoms with Crippen molar-refractivity contribution >= 4 is 10.8 Å². The summed E-state index contributed by atoms with van der Waals surface area (Å²) in [7, 11) is 0. The largest absolute Gasteiger partial charge is 0.490 e. The summed E-state index contributed by atoms with van der Waals surface area (Å²) >= 11 is 0. The van der Waals surface area contributed by atoms with Crippen LogP contribution in [-0.2, 0) is 5.41 Å². The molecule has 1 atom stereocenters. The second-order valence-corrected chi connectivity index (χ2v) is 15.5. The second kappa shape index (κ2) is 14.5. The number of aromatic nitrogens is 1. The predicted octanol–water partition coefficient (Wildman–Crippen LogP) is 13.7. The Balaban J connectivity index is 1.25. The number of aryl methyl sites for hydroxylation is 2. The molecule has 7 aromatic rings. The van der Waals surface area contributed by atoms with Crippen molar-refractivity contribution in [2.75, 3.05) is 13.2 Å². The second-order valence-electron chi connectivity index (χ2n) is 15.5. The first-order chi connectivity index (χ1) is 27.0. The van der Waals surface area contributed by atoms with Gasteiger partial charge in [0.1, 0.15) is 0 Å². The first-order valence-electron chi connectivity index (χ1n) is 20.3. The Bertz CT molecular complexity index is 2560. The normalized spacial score (nSPS) is 14.8. The highest BCUT2D eigenvalue weighted by Crippen LogP contribution is 2.64. The van der Waals surface area contributed by atoms with Gasteiger partial charge in [-0.05, 0) is 129 Å². The molecule has 1 unspecified atom stereocenters. The molecule has 3 heteroatoms. The van der Waals surface area contributed by atoms with Crippen molar-refractivity contribution < 1.29 is 9.47 Å². The van der Waals surface area contributed by atoms with E-state index >= 15 is 0 Å². The van der Waals surface area contributed by atoms with Crippen LogP contribution in [0, 0.1) is 13.8 Å². The number of hydrogen-bond acceptors (Lipinski definition) is 3. The Hall–Kier alpha value is -5.67. The Kier molecular flexibility index (Phi) is 9.26. The van der Waals surface area contributed by atoms with Crippen molar-refractivity contribution in [2.45, 2.75) is 71.6 Å². The van der Waals surface area contributed by atoms with E-state index in [1.165, 1.54) is 72.1 Å². The quantitative estimate of drug-likeness (QED) is 0.118. The van der Waals surface area contributed by atoms with Crippen LogP contribution in [0.5, 0.6) is 11.5 Å². The molecule has 0 fully saturated rings. The minimum Gasteiger partial charge on any atom is -0.490 e. The number of pyridine rings is 1. The molecule has 2 aliphatic carbocycles. The fourth-order valence-electron chi connectivity index (χ4n) is 9.12. The molecule has 1 aromatic heterocycles. The maximum atomic E-state index is 6.69. The lowest BCUT2D eigenvalue weighted by Crippen LogP contribution is -2.26. The third kappa shape index (κ3) is 5.84. The Morgan fingerprint density at radius 3 is 1.95 bits per heavy atom. The van der Waals surface area contributed by atoms with Crippen molar-refractivity contribution in [3.8, 4) is 56.1 Å². The fraction of sp³-hybridized carbons (Fsp3) is 0.250. The standard InChI is InChI=1S/C52H49NO2/c1-5-7-13-26-54-49-32-44-43-28-34(3)35(4)29-46(43)52(48(44)33-50(49)55-27-14-8-6-2)45-21-12-11-20-41(45)42-23-22-38(31-47(42)52)37-17-15-18-39(30-37)51-40-19-10-9-16-36(40)24-25-53-51/h9-12,15-25,28-33H,5-8,13-14,26-27H2,1-4H3. The third-order valence-corrected chi connectivity index (χ3v) is 12.0. The maximum absolute atomic E-state index is 6.69. The highest BCUT2D eigenvalue weighted by molar-refractivity contribution is 5.98. The highest BCUT2D eigenvalue weighted by Gasteiger charge is 2.52. The summed E-state index contributed by atoms with van der Waals surface area (Å²) in [5.74, 6) is 1.70. The predicted molar refractivity (Wildman–Crippen MR) is 228 cm³/mol. The third-order valence-electron chi connectivity index (χ3n) is 12.0. The fourth-order valence-corrected chi connectivity index (χ4v) is 9.12. The van der Waals surface area contributed by atoms with E-state index < -0.39 is 5.41 Å². The van der Waals surface area contributed by atoms with Crippen LogP contribution in [-0.4, -0.2) is 18.2 Å². The number of rotatable bonds is 12. The molecule has 0 amide bonds. The van der Waals surface area contributed by atoms with Gasteiger partial charge in [-0.2, -0.15) is 0 Å². The van der Waals surface area contributed by atoms with Crippen molar-refractivity contribution in [1.82, 2.24) is 4.98 Å². The van der Waals surface area contributed by atoms with Crippen LogP contribution in [0.4, 0.5) is 0 Å². The number of hydrogen-bond donors (Lipinski definition) is 0. The minimum atomic E-state index is -0.512. The molecule has 9 rings (SSSR count). The zero-order chi connectivity index (χ0) is 37.5. The van der Waals surface area contributed by atoms with Crippen molar-refractivity contribution in [3.05, 3.63) is 161 Å². The topological polar surface area (TPSA) is 31.4 Å². The summed E-state index contributed by atoms with van der Waals surface area (Å²) in [6.45, 7) is 10.3. The maximum Gasteiger partial charge on any atom is 0.161 e. The van der Waals surface area contributed by atoms with Gasteiger partial charge in [-0.15, -0.1) is 0 Å². The molecule has 0 N–H and O–H groups in total. The first-order valence-corrected chi connectivity index (χ1v) is 20.3. The van der Waals surface area contributed by atoms with E-state index in [9.17, 15) is 0 Å². The Labute approximate surface area is 326 Å². The lowest BCUT2D eigenvalue weighted by molar-refractivity contribution is 0.259. The molecule has 0 bridgehead atoms. The van der Waals surface area contributed by atoms with Gasteiger partial charge in [0.25, 0.3) is 0 Å². The average Bonchev–Trinajstić information content (AvgIpc) is 3.66. The smallest absolute Gasteiger partial charge is 0.161 e. The van der Waals surface area contributed by atoms with Gasteiger partial charge in [-0.3, -0.25) is 4.98 Å². The zero-order valence-corrected chi connectivity index (χ0v) is 32.5. The van der Waals surface area contributed by atoms with Gasteiger partial charge in [-0.1, -0.05) is 131 Å². The summed E-state index contributed by atoms with van der Waals surface area (Å²) in [4.78, 5) is 4.87. The van der Waals surface area contributed by atoms with Crippen LogP contribution in [0.15, 0.2) is 128 Å². The van der Waals surface area contributed by atoms with Gasteiger partial charge in [0.15, 0.2) is 11.5 Å². The molecular weight excluding hydrogens is 671 g/mol. The number of benzene rings is 6. The monoisotopic (exact) mass is 719 g/mol. The van der Waals surface area contributed by atoms with E-state index in [1.807, 2.05) is 6.20 Å². The van der Waals surface area contributed by atoms with E-state index in [-0.39, 0.29) is 0 Å². The van der Waals surface area contributed by atoms with Crippen LogP contribution in [0.2, 0.25) is 0 Å². The molecule has 55 heavy (non-hydrogen) atoms. The van der Waals surface area contributed by atoms with Crippen LogP contribution < -0.4 is 9.47 Å². The molecule has 0 saturated carbocycles. The SMILES string of the molecule is CCCCCOc1cc2c(cc1OCCCCC)C1(c3ccccc3-c3ccc(-c4cccc(-c5nccc6ccccc56)c4)cc31)c1cc(C)c(C)cc1-2. The summed E-state index contributed by atoms with van der Waals surface area (Å²) in [6.07, 6.45) is 8.59. The average molecular weight is 720 g/mol. The molecule has 0 aliphatic heterocycles. The molecule has 1 spiro atoms. The number of nitrogens with zero attached hydrogens (tertiary/aromatic N) is 1. The van der Waals surface area contributed by atoms with Crippen LogP contribution >= 0.6 is 0 Å². The summed E-state index contributed by atoms with van der Waals surface area (Å²) in [6, 6.07) is 45.2. The van der Waals surface area contributed by atoms with E-state index in [0.29, 0.717) is 13.2 Å². The molecular formula is C52H49NO2. The zero-order valence-electron chi connectivity index (χ0n) is 32.5. The van der Waals surface area contributed by atoms with Crippen molar-refractivity contribution in [1.29, 1.82) is 0 Å². The van der Waals surface area contributed by atoms with Crippen LogP contribution in [0.1, 0.15) is 85.8 Å². The molecule has 0 saturated heterocycles. The molecule has 3 nitrogen and oxygen atoms in total. The van der Waals surface area contributed by atoms with Gasteiger partial charge in [-0.25, -0.2) is 0 Å². The molecule has 274 valence electrons. The molecule has 1 heterocycles. The summed E-state index contributed by atoms with van der Waals surface area (Å²) in [5.41, 5.74) is 16.9. The number of ether oxygens (including phenoxy) is 2. The van der Waals surface area contributed by atoms with Gasteiger partial charge in [0.2, 0.25) is 0 Å². The van der Waals surface area contributed by atoms with E-state index in [4.69, 9.17) is 14.5 Å².